The Morgan fingerprint density at radius 2 is 1.95 bits per heavy atom. The third-order valence-electron chi connectivity index (χ3n) is 4.05. The molecule has 2 rings (SSSR count). The summed E-state index contributed by atoms with van der Waals surface area (Å²) in [4.78, 5) is 16.2. The predicted octanol–water partition coefficient (Wildman–Crippen LogP) is 1.31. The van der Waals surface area contributed by atoms with Crippen molar-refractivity contribution in [3.63, 3.8) is 0 Å². The molecule has 0 radical (unpaired) electrons. The minimum atomic E-state index is -0.136. The van der Waals surface area contributed by atoms with Crippen LogP contribution in [0.5, 0.6) is 0 Å². The lowest BCUT2D eigenvalue weighted by Gasteiger charge is -2.29. The number of carbonyl (C=O) groups is 1. The van der Waals surface area contributed by atoms with E-state index in [1.54, 1.807) is 7.05 Å². The average Bonchev–Trinajstić information content (AvgIpc) is 2.83. The van der Waals surface area contributed by atoms with Gasteiger partial charge in [0, 0.05) is 19.0 Å². The first-order valence-electron chi connectivity index (χ1n) is 7.73. The van der Waals surface area contributed by atoms with E-state index in [0.29, 0.717) is 17.8 Å². The van der Waals surface area contributed by atoms with Crippen LogP contribution >= 0.6 is 0 Å². The number of nitrogens with zero attached hydrogens (tertiary/aromatic N) is 3. The predicted molar refractivity (Wildman–Crippen MR) is 82.0 cm³/mol. The highest BCUT2D eigenvalue weighted by atomic mass is 16.1. The van der Waals surface area contributed by atoms with Gasteiger partial charge in [0.25, 0.3) is 0 Å². The number of hydrogen-bond acceptors (Lipinski definition) is 4. The van der Waals surface area contributed by atoms with Gasteiger partial charge >= 0.3 is 0 Å². The molecule has 118 valence electrons. The second-order valence-corrected chi connectivity index (χ2v) is 6.93. The van der Waals surface area contributed by atoms with Crippen LogP contribution in [0.15, 0.2) is 0 Å². The first-order chi connectivity index (χ1) is 9.81. The third kappa shape index (κ3) is 3.81. The van der Waals surface area contributed by atoms with Gasteiger partial charge in [-0.1, -0.05) is 0 Å². The normalized spacial score (nSPS) is 23.1. The molecule has 0 saturated heterocycles. The van der Waals surface area contributed by atoms with Gasteiger partial charge in [0.1, 0.15) is 5.82 Å². The van der Waals surface area contributed by atoms with Crippen LogP contribution in [0.2, 0.25) is 0 Å². The van der Waals surface area contributed by atoms with Crippen molar-refractivity contribution >= 4 is 5.91 Å². The second kappa shape index (κ2) is 6.13. The molecule has 0 aliphatic heterocycles. The summed E-state index contributed by atoms with van der Waals surface area (Å²) in [6.45, 7) is 6.34. The molecule has 0 spiro atoms. The molecule has 1 saturated carbocycles. The van der Waals surface area contributed by atoms with Crippen LogP contribution in [0, 0.1) is 0 Å². The van der Waals surface area contributed by atoms with Crippen molar-refractivity contribution in [1.29, 1.82) is 0 Å². The number of aromatic nitrogens is 3. The molecule has 3 N–H and O–H groups in total. The number of amides is 1. The van der Waals surface area contributed by atoms with Crippen molar-refractivity contribution in [3.05, 3.63) is 11.6 Å². The van der Waals surface area contributed by atoms with Crippen molar-refractivity contribution in [2.75, 3.05) is 7.05 Å². The number of nitrogens with two attached hydrogens (primary N) is 1. The van der Waals surface area contributed by atoms with Crippen molar-refractivity contribution < 1.29 is 4.79 Å². The van der Waals surface area contributed by atoms with Crippen LogP contribution in [0.25, 0.3) is 0 Å². The first kappa shape index (κ1) is 15.9. The molecule has 0 aromatic carbocycles. The summed E-state index contributed by atoms with van der Waals surface area (Å²) in [5.41, 5.74) is 5.86. The fraction of sp³-hybridized carbons (Fsp3) is 0.800. The van der Waals surface area contributed by atoms with Crippen molar-refractivity contribution in [1.82, 2.24) is 20.1 Å². The summed E-state index contributed by atoms with van der Waals surface area (Å²) in [6, 6.07) is 0.317. The minimum Gasteiger partial charge on any atom is -0.359 e. The Morgan fingerprint density at radius 3 is 2.48 bits per heavy atom. The van der Waals surface area contributed by atoms with Gasteiger partial charge in [-0.2, -0.15) is 5.10 Å². The molecule has 0 bridgehead atoms. The summed E-state index contributed by atoms with van der Waals surface area (Å²) < 4.78 is 1.99. The summed E-state index contributed by atoms with van der Waals surface area (Å²) in [5, 5.41) is 7.20. The van der Waals surface area contributed by atoms with E-state index >= 15 is 0 Å². The quantitative estimate of drug-likeness (QED) is 0.879. The number of carbonyl (C=O) groups excluding carboxylic acids is 1. The molecule has 1 fully saturated rings. The highest BCUT2D eigenvalue weighted by Crippen LogP contribution is 2.33. The number of likely N-dealkylation sites (N-methyl/N-ethyl adjacent to an activating group) is 1. The van der Waals surface area contributed by atoms with Crippen molar-refractivity contribution in [2.45, 2.75) is 70.4 Å². The van der Waals surface area contributed by atoms with Gasteiger partial charge in [-0.15, -0.1) is 0 Å². The smallest absolute Gasteiger partial charge is 0.227 e. The zero-order chi connectivity index (χ0) is 15.6. The van der Waals surface area contributed by atoms with Gasteiger partial charge in [-0.25, -0.2) is 9.67 Å². The monoisotopic (exact) mass is 293 g/mol. The fourth-order valence-electron chi connectivity index (χ4n) is 2.81. The van der Waals surface area contributed by atoms with Crippen molar-refractivity contribution in [2.24, 2.45) is 5.73 Å². The molecule has 1 aliphatic rings. The fourth-order valence-corrected chi connectivity index (χ4v) is 2.81. The van der Waals surface area contributed by atoms with E-state index in [0.717, 1.165) is 31.5 Å². The summed E-state index contributed by atoms with van der Waals surface area (Å²) >= 11 is 0. The molecule has 1 aromatic heterocycles. The van der Waals surface area contributed by atoms with Gasteiger partial charge in [-0.05, 0) is 46.5 Å². The zero-order valence-corrected chi connectivity index (χ0v) is 13.5. The van der Waals surface area contributed by atoms with E-state index < -0.39 is 0 Å². The van der Waals surface area contributed by atoms with Crippen LogP contribution in [0.3, 0.4) is 0 Å². The Morgan fingerprint density at radius 1 is 1.33 bits per heavy atom. The Labute approximate surface area is 126 Å². The molecule has 1 aromatic rings. The summed E-state index contributed by atoms with van der Waals surface area (Å²) in [5.74, 6) is 1.95. The first-order valence-corrected chi connectivity index (χ1v) is 7.73. The molecule has 1 aliphatic carbocycles. The lowest BCUT2D eigenvalue weighted by Crippen LogP contribution is -2.30. The maximum Gasteiger partial charge on any atom is 0.227 e. The summed E-state index contributed by atoms with van der Waals surface area (Å²) in [7, 11) is 1.63. The van der Waals surface area contributed by atoms with Gasteiger partial charge in [0.15, 0.2) is 5.82 Å². The van der Waals surface area contributed by atoms with E-state index in [1.807, 2.05) is 4.68 Å². The maximum atomic E-state index is 11.6. The topological polar surface area (TPSA) is 85.8 Å². The van der Waals surface area contributed by atoms with Crippen molar-refractivity contribution in [3.8, 4) is 0 Å². The molecular formula is C15H27N5O. The van der Waals surface area contributed by atoms with Gasteiger partial charge in [0.2, 0.25) is 5.91 Å². The molecule has 1 heterocycles. The molecule has 6 nitrogen and oxygen atoms in total. The van der Waals surface area contributed by atoms with Crippen LogP contribution in [0.4, 0.5) is 0 Å². The standard InChI is InChI=1S/C15H27N5O/c1-15(2,3)20-14(10-5-7-11(16)8-6-10)18-12(19-20)9-13(21)17-4/h10-11H,5-9,16H2,1-4H3,(H,17,21). The lowest BCUT2D eigenvalue weighted by molar-refractivity contribution is -0.120. The number of hydrogen-bond donors (Lipinski definition) is 2. The van der Waals surface area contributed by atoms with Crippen LogP contribution in [0.1, 0.15) is 64.0 Å². The second-order valence-electron chi connectivity index (χ2n) is 6.93. The van der Waals surface area contributed by atoms with E-state index in [9.17, 15) is 4.79 Å². The Bertz CT molecular complexity index is 495. The lowest BCUT2D eigenvalue weighted by atomic mass is 9.85. The molecule has 6 heteroatoms. The highest BCUT2D eigenvalue weighted by Gasteiger charge is 2.29. The molecule has 1 amide bonds. The number of rotatable bonds is 3. The van der Waals surface area contributed by atoms with Gasteiger partial charge in [0.05, 0.1) is 12.0 Å². The largest absolute Gasteiger partial charge is 0.359 e. The SMILES string of the molecule is CNC(=O)Cc1nc(C2CCC(N)CC2)n(C(C)(C)C)n1. The van der Waals surface area contributed by atoms with E-state index in [4.69, 9.17) is 5.73 Å². The average molecular weight is 293 g/mol. The maximum absolute atomic E-state index is 11.6. The van der Waals surface area contributed by atoms with E-state index in [1.165, 1.54) is 0 Å². The highest BCUT2D eigenvalue weighted by molar-refractivity contribution is 5.77. The van der Waals surface area contributed by atoms with Crippen LogP contribution < -0.4 is 11.1 Å². The van der Waals surface area contributed by atoms with Crippen LogP contribution in [-0.4, -0.2) is 33.8 Å². The molecule has 0 atom stereocenters. The Hall–Kier alpha value is -1.43. The Kier molecular flexibility index (Phi) is 4.66. The minimum absolute atomic E-state index is 0.0572. The molecule has 21 heavy (non-hydrogen) atoms. The van der Waals surface area contributed by atoms with Crippen LogP contribution in [-0.2, 0) is 16.8 Å². The van der Waals surface area contributed by atoms with E-state index in [2.05, 4.69) is 36.2 Å². The van der Waals surface area contributed by atoms with Gasteiger partial charge < -0.3 is 11.1 Å². The number of nitrogens with one attached hydrogen (secondary N) is 1. The summed E-state index contributed by atoms with van der Waals surface area (Å²) in [6.07, 6.45) is 4.41. The van der Waals surface area contributed by atoms with Gasteiger partial charge in [-0.3, -0.25) is 4.79 Å². The zero-order valence-electron chi connectivity index (χ0n) is 13.5. The molecule has 0 unspecified atom stereocenters. The molecular weight excluding hydrogens is 266 g/mol. The Balaban J connectivity index is 2.27. The third-order valence-corrected chi connectivity index (χ3v) is 4.05. The van der Waals surface area contributed by atoms with E-state index in [-0.39, 0.29) is 17.9 Å².